The molecule has 1 atom stereocenters. The first-order valence-electron chi connectivity index (χ1n) is 6.19. The fourth-order valence-corrected chi connectivity index (χ4v) is 1.82. The van der Waals surface area contributed by atoms with Gasteiger partial charge >= 0.3 is 5.97 Å². The fraction of sp³-hybridized carbons (Fsp3) is 0.500. The lowest BCUT2D eigenvalue weighted by Gasteiger charge is -2.18. The van der Waals surface area contributed by atoms with Crippen LogP contribution in [0, 0.1) is 5.92 Å². The zero-order valence-corrected chi connectivity index (χ0v) is 10.9. The molecular formula is C14H21NO3. The first kappa shape index (κ1) is 14.7. The second kappa shape index (κ2) is 7.13. The van der Waals surface area contributed by atoms with Crippen LogP contribution in [0.2, 0.25) is 0 Å². The Bertz CT molecular complexity index is 373. The predicted octanol–water partition coefficient (Wildman–Crippen LogP) is 1.88. The minimum absolute atomic E-state index is 0.0872. The monoisotopic (exact) mass is 251 g/mol. The van der Waals surface area contributed by atoms with Crippen molar-refractivity contribution < 1.29 is 15.0 Å². The van der Waals surface area contributed by atoms with Crippen LogP contribution in [0.5, 0.6) is 0 Å². The standard InChI is InChI=1S/C14H21NO3/c1-10(2)7-13(9-16)15-8-11-3-5-12(6-4-11)14(17)18/h3-6,10,13,15-16H,7-9H2,1-2H3,(H,17,18). The van der Waals surface area contributed by atoms with Crippen molar-refractivity contribution in [2.75, 3.05) is 6.61 Å². The first-order valence-corrected chi connectivity index (χ1v) is 6.19. The fourth-order valence-electron chi connectivity index (χ4n) is 1.82. The summed E-state index contributed by atoms with van der Waals surface area (Å²) in [5.41, 5.74) is 1.31. The number of nitrogens with one attached hydrogen (secondary N) is 1. The van der Waals surface area contributed by atoms with Crippen LogP contribution in [0.3, 0.4) is 0 Å². The Morgan fingerprint density at radius 2 is 1.89 bits per heavy atom. The number of carboxylic acid groups (broad SMARTS) is 1. The van der Waals surface area contributed by atoms with Gasteiger partial charge in [0, 0.05) is 12.6 Å². The molecule has 0 saturated heterocycles. The molecule has 18 heavy (non-hydrogen) atoms. The summed E-state index contributed by atoms with van der Waals surface area (Å²) < 4.78 is 0. The summed E-state index contributed by atoms with van der Waals surface area (Å²) in [5, 5.41) is 21.3. The largest absolute Gasteiger partial charge is 0.478 e. The second-order valence-corrected chi connectivity index (χ2v) is 4.89. The molecule has 1 rings (SSSR count). The Kier molecular flexibility index (Phi) is 5.82. The average Bonchev–Trinajstić information content (AvgIpc) is 2.34. The molecule has 0 bridgehead atoms. The van der Waals surface area contributed by atoms with E-state index in [0.29, 0.717) is 18.0 Å². The lowest BCUT2D eigenvalue weighted by atomic mass is 10.0. The molecule has 0 saturated carbocycles. The van der Waals surface area contributed by atoms with E-state index >= 15 is 0 Å². The number of rotatable bonds is 7. The Balaban J connectivity index is 2.49. The van der Waals surface area contributed by atoms with Crippen LogP contribution in [0.4, 0.5) is 0 Å². The lowest BCUT2D eigenvalue weighted by Crippen LogP contribution is -2.33. The van der Waals surface area contributed by atoms with Crippen molar-refractivity contribution >= 4 is 5.97 Å². The number of benzene rings is 1. The number of carboxylic acids is 1. The number of carbonyl (C=O) groups is 1. The molecule has 3 N–H and O–H groups in total. The molecule has 0 aliphatic carbocycles. The molecule has 1 aromatic carbocycles. The third-order valence-electron chi connectivity index (χ3n) is 2.77. The van der Waals surface area contributed by atoms with E-state index in [9.17, 15) is 9.90 Å². The molecule has 0 aliphatic rings. The van der Waals surface area contributed by atoms with Gasteiger partial charge < -0.3 is 15.5 Å². The molecule has 1 unspecified atom stereocenters. The van der Waals surface area contributed by atoms with E-state index < -0.39 is 5.97 Å². The molecule has 4 heteroatoms. The molecule has 0 fully saturated rings. The summed E-state index contributed by atoms with van der Waals surface area (Å²) in [7, 11) is 0. The Labute approximate surface area is 108 Å². The molecule has 0 heterocycles. The van der Waals surface area contributed by atoms with Crippen molar-refractivity contribution in [2.24, 2.45) is 5.92 Å². The summed E-state index contributed by atoms with van der Waals surface area (Å²) in [5.74, 6) is -0.383. The minimum atomic E-state index is -0.914. The van der Waals surface area contributed by atoms with E-state index in [4.69, 9.17) is 5.11 Å². The van der Waals surface area contributed by atoms with Crippen LogP contribution in [0.1, 0.15) is 36.2 Å². The maximum absolute atomic E-state index is 10.7. The van der Waals surface area contributed by atoms with Crippen LogP contribution in [-0.4, -0.2) is 28.8 Å². The highest BCUT2D eigenvalue weighted by molar-refractivity contribution is 5.87. The van der Waals surface area contributed by atoms with Crippen molar-refractivity contribution in [3.8, 4) is 0 Å². The van der Waals surface area contributed by atoms with Crippen molar-refractivity contribution in [3.05, 3.63) is 35.4 Å². The van der Waals surface area contributed by atoms with Gasteiger partial charge in [0.2, 0.25) is 0 Å². The highest BCUT2D eigenvalue weighted by atomic mass is 16.4. The van der Waals surface area contributed by atoms with Crippen LogP contribution < -0.4 is 5.32 Å². The highest BCUT2D eigenvalue weighted by Crippen LogP contribution is 2.07. The molecule has 0 amide bonds. The second-order valence-electron chi connectivity index (χ2n) is 4.89. The Morgan fingerprint density at radius 1 is 1.28 bits per heavy atom. The molecule has 0 spiro atoms. The zero-order valence-electron chi connectivity index (χ0n) is 10.9. The molecule has 1 aromatic rings. The predicted molar refractivity (Wildman–Crippen MR) is 70.6 cm³/mol. The van der Waals surface area contributed by atoms with Gasteiger partial charge in [0.1, 0.15) is 0 Å². The van der Waals surface area contributed by atoms with Crippen LogP contribution >= 0.6 is 0 Å². The summed E-state index contributed by atoms with van der Waals surface area (Å²) in [6, 6.07) is 6.86. The van der Waals surface area contributed by atoms with Gasteiger partial charge in [-0.2, -0.15) is 0 Å². The van der Waals surface area contributed by atoms with Crippen molar-refractivity contribution in [1.29, 1.82) is 0 Å². The smallest absolute Gasteiger partial charge is 0.335 e. The normalized spacial score (nSPS) is 12.7. The minimum Gasteiger partial charge on any atom is -0.478 e. The Hall–Kier alpha value is -1.39. The number of aromatic carboxylic acids is 1. The van der Waals surface area contributed by atoms with E-state index in [0.717, 1.165) is 12.0 Å². The van der Waals surface area contributed by atoms with Crippen molar-refractivity contribution in [3.63, 3.8) is 0 Å². The molecular weight excluding hydrogens is 230 g/mol. The van der Waals surface area contributed by atoms with E-state index in [1.165, 1.54) is 0 Å². The van der Waals surface area contributed by atoms with E-state index in [1.54, 1.807) is 24.3 Å². The lowest BCUT2D eigenvalue weighted by molar-refractivity contribution is 0.0697. The van der Waals surface area contributed by atoms with Crippen molar-refractivity contribution in [2.45, 2.75) is 32.9 Å². The highest BCUT2D eigenvalue weighted by Gasteiger charge is 2.09. The first-order chi connectivity index (χ1) is 8.52. The number of aliphatic hydroxyl groups is 1. The number of hydrogen-bond donors (Lipinski definition) is 3. The molecule has 0 aliphatic heterocycles. The quantitative estimate of drug-likeness (QED) is 0.692. The summed E-state index contributed by atoms with van der Waals surface area (Å²) in [6.45, 7) is 4.99. The molecule has 0 aromatic heterocycles. The van der Waals surface area contributed by atoms with Gasteiger partial charge in [0.15, 0.2) is 0 Å². The van der Waals surface area contributed by atoms with Crippen LogP contribution in [0.25, 0.3) is 0 Å². The van der Waals surface area contributed by atoms with E-state index in [1.807, 2.05) is 0 Å². The van der Waals surface area contributed by atoms with Gasteiger partial charge in [-0.3, -0.25) is 0 Å². The van der Waals surface area contributed by atoms with Gasteiger partial charge in [0.05, 0.1) is 12.2 Å². The summed E-state index contributed by atoms with van der Waals surface area (Å²) >= 11 is 0. The van der Waals surface area contributed by atoms with Crippen LogP contribution in [0.15, 0.2) is 24.3 Å². The van der Waals surface area contributed by atoms with Gasteiger partial charge in [0.25, 0.3) is 0 Å². The maximum Gasteiger partial charge on any atom is 0.335 e. The summed E-state index contributed by atoms with van der Waals surface area (Å²) in [4.78, 5) is 10.7. The molecule has 4 nitrogen and oxygen atoms in total. The van der Waals surface area contributed by atoms with Gasteiger partial charge in [-0.05, 0) is 30.0 Å². The van der Waals surface area contributed by atoms with E-state index in [-0.39, 0.29) is 12.6 Å². The topological polar surface area (TPSA) is 69.6 Å². The van der Waals surface area contributed by atoms with Gasteiger partial charge in [-0.25, -0.2) is 4.79 Å². The van der Waals surface area contributed by atoms with Crippen LogP contribution in [-0.2, 0) is 6.54 Å². The average molecular weight is 251 g/mol. The SMILES string of the molecule is CC(C)CC(CO)NCc1ccc(C(=O)O)cc1. The number of hydrogen-bond acceptors (Lipinski definition) is 3. The Morgan fingerprint density at radius 3 is 2.33 bits per heavy atom. The van der Waals surface area contributed by atoms with Gasteiger partial charge in [-0.15, -0.1) is 0 Å². The van der Waals surface area contributed by atoms with Crippen molar-refractivity contribution in [1.82, 2.24) is 5.32 Å². The maximum atomic E-state index is 10.7. The van der Waals surface area contributed by atoms with E-state index in [2.05, 4.69) is 19.2 Å². The zero-order chi connectivity index (χ0) is 13.5. The number of aliphatic hydroxyl groups excluding tert-OH is 1. The molecule has 0 radical (unpaired) electrons. The van der Waals surface area contributed by atoms with Gasteiger partial charge in [-0.1, -0.05) is 26.0 Å². The third kappa shape index (κ3) is 4.85. The summed E-state index contributed by atoms with van der Waals surface area (Å²) in [6.07, 6.45) is 0.920. The third-order valence-corrected chi connectivity index (χ3v) is 2.77. The molecule has 100 valence electrons.